The molecule has 1 aliphatic rings. The summed E-state index contributed by atoms with van der Waals surface area (Å²) in [6, 6.07) is 8.96. The Bertz CT molecular complexity index is 545. The Kier molecular flexibility index (Phi) is 6.64. The molecule has 1 aromatic rings. The van der Waals surface area contributed by atoms with E-state index in [-0.39, 0.29) is 17.9 Å². The number of hydrogen-bond acceptors (Lipinski definition) is 2. The van der Waals surface area contributed by atoms with Gasteiger partial charge >= 0.3 is 6.03 Å². The molecule has 5 heteroatoms. The second-order valence-electron chi connectivity index (χ2n) is 7.07. The van der Waals surface area contributed by atoms with Gasteiger partial charge in [-0.05, 0) is 30.2 Å². The number of nitrogens with zero attached hydrogens (tertiary/aromatic N) is 1. The first-order valence-corrected chi connectivity index (χ1v) is 8.84. The molecule has 1 saturated heterocycles. The molecule has 2 rings (SSSR count). The van der Waals surface area contributed by atoms with Crippen LogP contribution in [0.3, 0.4) is 0 Å². The second-order valence-corrected chi connectivity index (χ2v) is 7.07. The lowest BCUT2D eigenvalue weighted by molar-refractivity contribution is -0.136. The van der Waals surface area contributed by atoms with Crippen LogP contribution in [-0.4, -0.2) is 36.0 Å². The summed E-state index contributed by atoms with van der Waals surface area (Å²) in [5, 5.41) is 5.69. The number of likely N-dealkylation sites (tertiary alicyclic amines) is 1. The predicted octanol–water partition coefficient (Wildman–Crippen LogP) is 2.77. The van der Waals surface area contributed by atoms with Crippen LogP contribution in [-0.2, 0) is 11.3 Å². The third-order valence-electron chi connectivity index (χ3n) is 4.48. The van der Waals surface area contributed by atoms with E-state index in [1.54, 1.807) is 0 Å². The van der Waals surface area contributed by atoms with Crippen LogP contribution in [0.25, 0.3) is 0 Å². The molecule has 0 saturated carbocycles. The monoisotopic (exact) mass is 331 g/mol. The van der Waals surface area contributed by atoms with Gasteiger partial charge in [0.2, 0.25) is 5.91 Å². The first-order chi connectivity index (χ1) is 11.5. The van der Waals surface area contributed by atoms with E-state index in [1.165, 1.54) is 6.42 Å². The van der Waals surface area contributed by atoms with Crippen molar-refractivity contribution in [3.8, 4) is 0 Å². The van der Waals surface area contributed by atoms with E-state index in [9.17, 15) is 9.59 Å². The summed E-state index contributed by atoms with van der Waals surface area (Å²) >= 11 is 0. The lowest BCUT2D eigenvalue weighted by atomic mass is 9.97. The maximum Gasteiger partial charge on any atom is 0.315 e. The zero-order valence-electron chi connectivity index (χ0n) is 14.9. The van der Waals surface area contributed by atoms with Crippen molar-refractivity contribution in [1.82, 2.24) is 15.5 Å². The van der Waals surface area contributed by atoms with Gasteiger partial charge in [-0.1, -0.05) is 51.1 Å². The Morgan fingerprint density at radius 1 is 1.25 bits per heavy atom. The minimum absolute atomic E-state index is 0.0337. The van der Waals surface area contributed by atoms with Crippen molar-refractivity contribution >= 4 is 11.9 Å². The lowest BCUT2D eigenvalue weighted by Crippen LogP contribution is -2.55. The zero-order valence-corrected chi connectivity index (χ0v) is 14.9. The van der Waals surface area contributed by atoms with Gasteiger partial charge in [-0.2, -0.15) is 0 Å². The van der Waals surface area contributed by atoms with Gasteiger partial charge < -0.3 is 15.5 Å². The molecule has 1 aliphatic heterocycles. The molecule has 1 fully saturated rings. The van der Waals surface area contributed by atoms with E-state index in [0.717, 1.165) is 25.1 Å². The highest BCUT2D eigenvalue weighted by Gasteiger charge is 2.30. The quantitative estimate of drug-likeness (QED) is 0.871. The molecule has 1 aromatic carbocycles. The maximum absolute atomic E-state index is 12.8. The molecular weight excluding hydrogens is 302 g/mol. The Balaban J connectivity index is 1.90. The molecule has 0 aromatic heterocycles. The molecular formula is C19H29N3O2. The fourth-order valence-electron chi connectivity index (χ4n) is 3.07. The molecule has 24 heavy (non-hydrogen) atoms. The normalized spacial score (nSPS) is 19.0. The van der Waals surface area contributed by atoms with Crippen molar-refractivity contribution in [2.75, 3.05) is 13.1 Å². The third-order valence-corrected chi connectivity index (χ3v) is 4.48. The average molecular weight is 331 g/mol. The van der Waals surface area contributed by atoms with Gasteiger partial charge in [0.1, 0.15) is 6.04 Å². The fourth-order valence-corrected chi connectivity index (χ4v) is 3.07. The predicted molar refractivity (Wildman–Crippen MR) is 95.4 cm³/mol. The van der Waals surface area contributed by atoms with Gasteiger partial charge in [0.15, 0.2) is 0 Å². The number of amides is 3. The van der Waals surface area contributed by atoms with Crippen LogP contribution in [0.5, 0.6) is 0 Å². The molecule has 2 N–H and O–H groups in total. The molecule has 0 aliphatic carbocycles. The summed E-state index contributed by atoms with van der Waals surface area (Å²) < 4.78 is 0. The smallest absolute Gasteiger partial charge is 0.315 e. The number of carbonyl (C=O) groups is 2. The minimum atomic E-state index is -0.480. The number of urea groups is 1. The van der Waals surface area contributed by atoms with Crippen LogP contribution >= 0.6 is 0 Å². The van der Waals surface area contributed by atoms with E-state index in [1.807, 2.05) is 49.1 Å². The van der Waals surface area contributed by atoms with Crippen LogP contribution < -0.4 is 10.6 Å². The molecule has 5 nitrogen and oxygen atoms in total. The van der Waals surface area contributed by atoms with E-state index in [0.29, 0.717) is 12.5 Å². The number of nitrogens with one attached hydrogen (secondary N) is 2. The molecule has 2 atom stereocenters. The average Bonchev–Trinajstić information content (AvgIpc) is 2.58. The van der Waals surface area contributed by atoms with Gasteiger partial charge in [0.25, 0.3) is 0 Å². The van der Waals surface area contributed by atoms with E-state index in [2.05, 4.69) is 17.6 Å². The first kappa shape index (κ1) is 18.3. The van der Waals surface area contributed by atoms with Crippen molar-refractivity contribution < 1.29 is 9.59 Å². The van der Waals surface area contributed by atoms with Gasteiger partial charge in [0, 0.05) is 19.6 Å². The summed E-state index contributed by atoms with van der Waals surface area (Å²) in [7, 11) is 0. The van der Waals surface area contributed by atoms with Gasteiger partial charge in [0.05, 0.1) is 0 Å². The molecule has 0 radical (unpaired) electrons. The topological polar surface area (TPSA) is 61.4 Å². The van der Waals surface area contributed by atoms with Gasteiger partial charge in [-0.25, -0.2) is 4.79 Å². The van der Waals surface area contributed by atoms with Crippen LogP contribution in [0.2, 0.25) is 0 Å². The van der Waals surface area contributed by atoms with Crippen molar-refractivity contribution in [2.24, 2.45) is 11.8 Å². The van der Waals surface area contributed by atoms with Crippen LogP contribution in [0.15, 0.2) is 30.3 Å². The van der Waals surface area contributed by atoms with Crippen molar-refractivity contribution in [1.29, 1.82) is 0 Å². The van der Waals surface area contributed by atoms with Crippen molar-refractivity contribution in [2.45, 2.75) is 46.2 Å². The fraction of sp³-hybridized carbons (Fsp3) is 0.579. The Hall–Kier alpha value is -2.04. The summed E-state index contributed by atoms with van der Waals surface area (Å²) in [6.45, 7) is 8.13. The van der Waals surface area contributed by atoms with E-state index < -0.39 is 6.04 Å². The Morgan fingerprint density at radius 2 is 1.96 bits per heavy atom. The number of benzene rings is 1. The first-order valence-electron chi connectivity index (χ1n) is 8.84. The number of piperidine rings is 1. The minimum Gasteiger partial charge on any atom is -0.341 e. The third kappa shape index (κ3) is 5.25. The largest absolute Gasteiger partial charge is 0.341 e. The standard InChI is InChI=1S/C19H29N3O2/c1-14(2)17(18(23)22-11-7-8-15(3)13-22)21-19(24)20-12-16-9-5-4-6-10-16/h4-6,9-10,14-15,17H,7-8,11-13H2,1-3H3,(H2,20,21,24). The molecule has 0 bridgehead atoms. The number of hydrogen-bond donors (Lipinski definition) is 2. The maximum atomic E-state index is 12.8. The molecule has 132 valence electrons. The van der Waals surface area contributed by atoms with Crippen LogP contribution in [0.1, 0.15) is 39.2 Å². The second kappa shape index (κ2) is 8.71. The molecule has 2 unspecified atom stereocenters. The van der Waals surface area contributed by atoms with Gasteiger partial charge in [-0.3, -0.25) is 4.79 Å². The summed E-state index contributed by atoms with van der Waals surface area (Å²) in [6.07, 6.45) is 2.21. The van der Waals surface area contributed by atoms with Crippen molar-refractivity contribution in [3.63, 3.8) is 0 Å². The highest BCUT2D eigenvalue weighted by molar-refractivity contribution is 5.87. The van der Waals surface area contributed by atoms with Gasteiger partial charge in [-0.15, -0.1) is 0 Å². The highest BCUT2D eigenvalue weighted by atomic mass is 16.2. The summed E-state index contributed by atoms with van der Waals surface area (Å²) in [5.74, 6) is 0.617. The Labute approximate surface area is 144 Å². The van der Waals surface area contributed by atoms with E-state index >= 15 is 0 Å². The molecule has 0 spiro atoms. The molecule has 1 heterocycles. The Morgan fingerprint density at radius 3 is 2.58 bits per heavy atom. The summed E-state index contributed by atoms with van der Waals surface area (Å²) in [4.78, 5) is 26.9. The van der Waals surface area contributed by atoms with E-state index in [4.69, 9.17) is 0 Å². The SMILES string of the molecule is CC1CCCN(C(=O)C(NC(=O)NCc2ccccc2)C(C)C)C1. The zero-order chi connectivity index (χ0) is 17.5. The number of rotatable bonds is 5. The van der Waals surface area contributed by atoms with Crippen LogP contribution in [0, 0.1) is 11.8 Å². The van der Waals surface area contributed by atoms with Crippen LogP contribution in [0.4, 0.5) is 4.79 Å². The number of carbonyl (C=O) groups excluding carboxylic acids is 2. The summed E-state index contributed by atoms with van der Waals surface area (Å²) in [5.41, 5.74) is 1.03. The van der Waals surface area contributed by atoms with Crippen molar-refractivity contribution in [3.05, 3.63) is 35.9 Å². The highest BCUT2D eigenvalue weighted by Crippen LogP contribution is 2.17. The molecule has 3 amide bonds. The lowest BCUT2D eigenvalue weighted by Gasteiger charge is -2.35.